The van der Waals surface area contributed by atoms with Crippen molar-refractivity contribution in [1.82, 2.24) is 15.2 Å². The molecule has 0 saturated heterocycles. The Labute approximate surface area is 140 Å². The molecule has 1 amide bonds. The summed E-state index contributed by atoms with van der Waals surface area (Å²) in [5, 5.41) is 10.6. The minimum absolute atomic E-state index is 0.0903. The number of aromatic nitrogens is 3. The second-order valence-electron chi connectivity index (χ2n) is 6.58. The summed E-state index contributed by atoms with van der Waals surface area (Å²) in [6, 6.07) is 2.00. The van der Waals surface area contributed by atoms with E-state index in [0.717, 1.165) is 42.3 Å². The zero-order valence-corrected chi connectivity index (χ0v) is 13.5. The third kappa shape index (κ3) is 2.73. The zero-order valence-electron chi connectivity index (χ0n) is 13.5. The van der Waals surface area contributed by atoms with Gasteiger partial charge < -0.3 is 11.1 Å². The standard InChI is InChI=1S/C18H21N5O/c19-15-4-2-1-3-11-9-12(5-6-13(11)15)18(24)22-16-7-8-20-17-14(16)10-21-23-17/h5,7-10,13,15H,1-4,6,19H2,(H2,20,21,22,23,24)/t13?,15-/m0/s1. The summed E-state index contributed by atoms with van der Waals surface area (Å²) in [5.74, 6) is 0.304. The number of carbonyl (C=O) groups is 1. The lowest BCUT2D eigenvalue weighted by Crippen LogP contribution is -2.31. The van der Waals surface area contributed by atoms with Crippen molar-refractivity contribution in [3.8, 4) is 0 Å². The molecule has 2 aliphatic carbocycles. The van der Waals surface area contributed by atoms with Crippen LogP contribution in [0.5, 0.6) is 0 Å². The number of anilines is 1. The minimum Gasteiger partial charge on any atom is -0.327 e. The third-order valence-corrected chi connectivity index (χ3v) is 5.04. The molecule has 124 valence electrons. The van der Waals surface area contributed by atoms with E-state index < -0.39 is 0 Å². The summed E-state index contributed by atoms with van der Waals surface area (Å²) >= 11 is 0. The van der Waals surface area contributed by atoms with Gasteiger partial charge in [0.05, 0.1) is 17.3 Å². The molecule has 1 saturated carbocycles. The molecule has 2 aromatic heterocycles. The van der Waals surface area contributed by atoms with Crippen molar-refractivity contribution < 1.29 is 4.79 Å². The van der Waals surface area contributed by atoms with Gasteiger partial charge in [0.15, 0.2) is 5.65 Å². The van der Waals surface area contributed by atoms with Crippen LogP contribution in [0.4, 0.5) is 5.69 Å². The van der Waals surface area contributed by atoms with Gasteiger partial charge in [-0.2, -0.15) is 5.10 Å². The first-order valence-corrected chi connectivity index (χ1v) is 8.48. The van der Waals surface area contributed by atoms with E-state index in [0.29, 0.717) is 11.6 Å². The molecule has 0 spiro atoms. The Kier molecular flexibility index (Phi) is 3.90. The smallest absolute Gasteiger partial charge is 0.255 e. The molecule has 4 rings (SSSR count). The zero-order chi connectivity index (χ0) is 16.5. The van der Waals surface area contributed by atoms with Gasteiger partial charge in [0.2, 0.25) is 0 Å². The van der Waals surface area contributed by atoms with Gasteiger partial charge in [0.25, 0.3) is 5.91 Å². The first-order chi connectivity index (χ1) is 11.7. The highest BCUT2D eigenvalue weighted by molar-refractivity contribution is 6.09. The van der Waals surface area contributed by atoms with Gasteiger partial charge in [-0.15, -0.1) is 0 Å². The molecule has 2 heterocycles. The van der Waals surface area contributed by atoms with Crippen molar-refractivity contribution in [1.29, 1.82) is 0 Å². The Bertz CT molecular complexity index is 835. The van der Waals surface area contributed by atoms with Gasteiger partial charge in [-0.05, 0) is 37.7 Å². The quantitative estimate of drug-likeness (QED) is 0.791. The number of fused-ring (bicyclic) bond motifs is 2. The van der Waals surface area contributed by atoms with E-state index in [1.54, 1.807) is 18.5 Å². The van der Waals surface area contributed by atoms with Crippen molar-refractivity contribution in [2.24, 2.45) is 11.7 Å². The summed E-state index contributed by atoms with van der Waals surface area (Å²) < 4.78 is 0. The van der Waals surface area contributed by atoms with E-state index in [-0.39, 0.29) is 11.9 Å². The molecule has 0 radical (unpaired) electrons. The fraction of sp³-hybridized carbons (Fsp3) is 0.389. The highest BCUT2D eigenvalue weighted by Crippen LogP contribution is 2.34. The van der Waals surface area contributed by atoms with Crippen LogP contribution >= 0.6 is 0 Å². The Morgan fingerprint density at radius 1 is 1.38 bits per heavy atom. The van der Waals surface area contributed by atoms with Crippen LogP contribution in [0.15, 0.2) is 41.8 Å². The predicted molar refractivity (Wildman–Crippen MR) is 93.2 cm³/mol. The lowest BCUT2D eigenvalue weighted by molar-refractivity contribution is -0.112. The molecular formula is C18H21N5O. The molecule has 2 aromatic rings. The van der Waals surface area contributed by atoms with E-state index >= 15 is 0 Å². The van der Waals surface area contributed by atoms with E-state index in [1.807, 2.05) is 12.2 Å². The summed E-state index contributed by atoms with van der Waals surface area (Å²) in [6.45, 7) is 0. The first-order valence-electron chi connectivity index (χ1n) is 8.48. The van der Waals surface area contributed by atoms with Crippen LogP contribution in [-0.2, 0) is 4.79 Å². The van der Waals surface area contributed by atoms with Gasteiger partial charge in [-0.1, -0.05) is 24.1 Å². The molecule has 1 unspecified atom stereocenters. The monoisotopic (exact) mass is 323 g/mol. The van der Waals surface area contributed by atoms with Crippen molar-refractivity contribution in [3.05, 3.63) is 41.8 Å². The lowest BCUT2D eigenvalue weighted by Gasteiger charge is -2.26. The molecular weight excluding hydrogens is 302 g/mol. The summed E-state index contributed by atoms with van der Waals surface area (Å²) in [4.78, 5) is 16.9. The van der Waals surface area contributed by atoms with Crippen LogP contribution in [0, 0.1) is 5.92 Å². The topological polar surface area (TPSA) is 96.7 Å². The van der Waals surface area contributed by atoms with Gasteiger partial charge >= 0.3 is 0 Å². The molecule has 0 bridgehead atoms. The average molecular weight is 323 g/mol. The number of aromatic amines is 1. The highest BCUT2D eigenvalue weighted by atomic mass is 16.1. The van der Waals surface area contributed by atoms with Gasteiger partial charge in [0.1, 0.15) is 0 Å². The molecule has 6 nitrogen and oxygen atoms in total. The van der Waals surface area contributed by atoms with Crippen LogP contribution < -0.4 is 11.1 Å². The van der Waals surface area contributed by atoms with Gasteiger partial charge in [0, 0.05) is 17.8 Å². The van der Waals surface area contributed by atoms with E-state index in [2.05, 4.69) is 20.5 Å². The van der Waals surface area contributed by atoms with E-state index in [1.165, 1.54) is 12.0 Å². The highest BCUT2D eigenvalue weighted by Gasteiger charge is 2.27. The Hall–Kier alpha value is -2.47. The Morgan fingerprint density at radius 3 is 3.21 bits per heavy atom. The fourth-order valence-corrected chi connectivity index (χ4v) is 3.70. The fourth-order valence-electron chi connectivity index (χ4n) is 3.70. The van der Waals surface area contributed by atoms with Gasteiger partial charge in [-0.3, -0.25) is 9.89 Å². The van der Waals surface area contributed by atoms with Crippen molar-refractivity contribution in [2.75, 3.05) is 5.32 Å². The average Bonchev–Trinajstić information content (AvgIpc) is 3.00. The number of allylic oxidation sites excluding steroid dienone is 1. The van der Waals surface area contributed by atoms with Crippen LogP contribution in [0.2, 0.25) is 0 Å². The number of rotatable bonds is 2. The lowest BCUT2D eigenvalue weighted by atomic mass is 9.82. The predicted octanol–water partition coefficient (Wildman–Crippen LogP) is 2.67. The number of hydrogen-bond donors (Lipinski definition) is 3. The molecule has 0 aromatic carbocycles. The molecule has 24 heavy (non-hydrogen) atoms. The summed E-state index contributed by atoms with van der Waals surface area (Å²) in [7, 11) is 0. The maximum Gasteiger partial charge on any atom is 0.255 e. The SMILES string of the molecule is N[C@H]1CCCCC2=CC(C(=O)Nc3ccnc4[nH]ncc34)=CCC21. The first kappa shape index (κ1) is 15.1. The number of amides is 1. The minimum atomic E-state index is -0.0903. The molecule has 2 atom stereocenters. The molecule has 2 aliphatic rings. The number of hydrogen-bond acceptors (Lipinski definition) is 4. The van der Waals surface area contributed by atoms with Crippen LogP contribution in [0.25, 0.3) is 11.0 Å². The number of nitrogens with zero attached hydrogens (tertiary/aromatic N) is 2. The summed E-state index contributed by atoms with van der Waals surface area (Å²) in [5.41, 5.74) is 9.74. The third-order valence-electron chi connectivity index (χ3n) is 5.04. The maximum atomic E-state index is 12.7. The molecule has 4 N–H and O–H groups in total. The van der Waals surface area contributed by atoms with Crippen molar-refractivity contribution in [2.45, 2.75) is 38.1 Å². The van der Waals surface area contributed by atoms with Crippen LogP contribution in [0.1, 0.15) is 32.1 Å². The normalized spacial score (nSPS) is 23.9. The summed E-state index contributed by atoms with van der Waals surface area (Å²) in [6.07, 6.45) is 12.7. The van der Waals surface area contributed by atoms with Crippen molar-refractivity contribution >= 4 is 22.6 Å². The van der Waals surface area contributed by atoms with E-state index in [4.69, 9.17) is 5.73 Å². The number of H-pyrrole nitrogens is 1. The molecule has 6 heteroatoms. The number of carbonyl (C=O) groups excluding carboxylic acids is 1. The Balaban J connectivity index is 1.56. The second-order valence-corrected chi connectivity index (χ2v) is 6.58. The number of nitrogens with one attached hydrogen (secondary N) is 2. The van der Waals surface area contributed by atoms with E-state index in [9.17, 15) is 4.79 Å². The van der Waals surface area contributed by atoms with Crippen LogP contribution in [0.3, 0.4) is 0 Å². The molecule has 1 fully saturated rings. The van der Waals surface area contributed by atoms with Crippen LogP contribution in [-0.4, -0.2) is 27.1 Å². The largest absolute Gasteiger partial charge is 0.327 e. The maximum absolute atomic E-state index is 12.7. The van der Waals surface area contributed by atoms with Crippen molar-refractivity contribution in [3.63, 3.8) is 0 Å². The molecule has 0 aliphatic heterocycles. The number of nitrogens with two attached hydrogens (primary N) is 1. The number of pyridine rings is 1. The van der Waals surface area contributed by atoms with Gasteiger partial charge in [-0.25, -0.2) is 4.98 Å². The Morgan fingerprint density at radius 2 is 2.29 bits per heavy atom. The second kappa shape index (κ2) is 6.20.